The molecule has 7 heteroatoms. The van der Waals surface area contributed by atoms with E-state index in [0.717, 1.165) is 49.2 Å². The maximum Gasteiger partial charge on any atom is 0.278 e. The second kappa shape index (κ2) is 8.66. The average Bonchev–Trinajstić information content (AvgIpc) is 3.05. The minimum atomic E-state index is 0.210. The molecule has 6 nitrogen and oxygen atoms in total. The van der Waals surface area contributed by atoms with Gasteiger partial charge in [-0.25, -0.2) is 0 Å². The van der Waals surface area contributed by atoms with Crippen LogP contribution in [0.4, 0.5) is 0 Å². The minimum Gasteiger partial charge on any atom is -0.361 e. The molecule has 1 aromatic carbocycles. The zero-order chi connectivity index (χ0) is 18.5. The highest BCUT2D eigenvalue weighted by Gasteiger charge is 2.25. The number of aromatic nitrogens is 1. The number of amides is 1. The van der Waals surface area contributed by atoms with Gasteiger partial charge in [-0.15, -0.1) is 0 Å². The van der Waals surface area contributed by atoms with Crippen LogP contribution >= 0.6 is 11.6 Å². The van der Waals surface area contributed by atoms with E-state index in [4.69, 9.17) is 16.1 Å². The van der Waals surface area contributed by atoms with Crippen molar-refractivity contribution in [3.8, 4) is 0 Å². The molecule has 1 saturated heterocycles. The lowest BCUT2D eigenvalue weighted by Crippen LogP contribution is -3.13. The quantitative estimate of drug-likeness (QED) is 0.754. The topological polar surface area (TPSA) is 67.4 Å². The Morgan fingerprint density at radius 1 is 1.35 bits per heavy atom. The van der Waals surface area contributed by atoms with Gasteiger partial charge in [0.25, 0.3) is 5.91 Å². The Morgan fingerprint density at radius 2 is 2.04 bits per heavy atom. The zero-order valence-electron chi connectivity index (χ0n) is 15.4. The number of benzene rings is 1. The van der Waals surface area contributed by atoms with Gasteiger partial charge in [0.05, 0.1) is 26.2 Å². The number of carbonyl (C=O) groups is 1. The van der Waals surface area contributed by atoms with Crippen LogP contribution in [0.1, 0.15) is 30.0 Å². The molecule has 0 saturated carbocycles. The summed E-state index contributed by atoms with van der Waals surface area (Å²) in [6.07, 6.45) is 0. The first kappa shape index (κ1) is 18.9. The normalized spacial score (nSPS) is 16.7. The Balaban J connectivity index is 1.41. The third-order valence-electron chi connectivity index (χ3n) is 4.97. The van der Waals surface area contributed by atoms with Crippen molar-refractivity contribution in [2.75, 3.05) is 32.7 Å². The van der Waals surface area contributed by atoms with Crippen molar-refractivity contribution in [3.63, 3.8) is 0 Å². The van der Waals surface area contributed by atoms with Gasteiger partial charge >= 0.3 is 0 Å². The Labute approximate surface area is 159 Å². The molecule has 3 rings (SSSR count). The lowest BCUT2D eigenvalue weighted by Gasteiger charge is -2.31. The van der Waals surface area contributed by atoms with Crippen LogP contribution in [0.15, 0.2) is 34.9 Å². The molecular weight excluding hydrogens is 352 g/mol. The molecule has 2 heterocycles. The van der Waals surface area contributed by atoms with Gasteiger partial charge in [0.1, 0.15) is 24.0 Å². The number of nitrogens with zero attached hydrogens (tertiary/aromatic N) is 2. The molecule has 0 bridgehead atoms. The Bertz CT molecular complexity index is 723. The van der Waals surface area contributed by atoms with E-state index >= 15 is 0 Å². The van der Waals surface area contributed by atoms with Gasteiger partial charge in [0.15, 0.2) is 6.54 Å². The molecule has 0 spiro atoms. The highest BCUT2D eigenvalue weighted by atomic mass is 35.5. The van der Waals surface area contributed by atoms with Crippen LogP contribution in [0.3, 0.4) is 0 Å². The van der Waals surface area contributed by atoms with Crippen LogP contribution in [0.25, 0.3) is 0 Å². The number of quaternary nitrogens is 2. The highest BCUT2D eigenvalue weighted by molar-refractivity contribution is 6.30. The van der Waals surface area contributed by atoms with E-state index in [0.29, 0.717) is 6.54 Å². The monoisotopic (exact) mass is 378 g/mol. The standard InChI is InChI=1S/C19H25ClN4O2/c1-14-11-18(22-26-14)13-23-7-9-24(10-8-23)19(25)12-21-15(2)16-3-5-17(20)6-4-16/h3-6,11,15,21H,7-10,12-13H2,1-2H3/p+2/t15-/m0/s1. The summed E-state index contributed by atoms with van der Waals surface area (Å²) in [7, 11) is 0. The fourth-order valence-electron chi connectivity index (χ4n) is 3.32. The van der Waals surface area contributed by atoms with Gasteiger partial charge in [0, 0.05) is 16.7 Å². The number of rotatable bonds is 6. The van der Waals surface area contributed by atoms with E-state index in [1.165, 1.54) is 10.5 Å². The van der Waals surface area contributed by atoms with Crippen molar-refractivity contribution in [3.05, 3.63) is 52.4 Å². The van der Waals surface area contributed by atoms with E-state index in [1.807, 2.05) is 42.2 Å². The third kappa shape index (κ3) is 5.06. The fourth-order valence-corrected chi connectivity index (χ4v) is 3.44. The van der Waals surface area contributed by atoms with Crippen LogP contribution in [-0.4, -0.2) is 48.7 Å². The van der Waals surface area contributed by atoms with Crippen LogP contribution < -0.4 is 10.2 Å². The molecule has 1 aliphatic rings. The molecule has 1 fully saturated rings. The summed E-state index contributed by atoms with van der Waals surface area (Å²) in [4.78, 5) is 15.9. The molecule has 1 aliphatic heterocycles. The number of hydrogen-bond donors (Lipinski definition) is 2. The van der Waals surface area contributed by atoms with Crippen molar-refractivity contribution in [1.82, 2.24) is 10.1 Å². The Hall–Kier alpha value is -1.89. The molecule has 0 radical (unpaired) electrons. The lowest BCUT2D eigenvalue weighted by atomic mass is 10.1. The van der Waals surface area contributed by atoms with Crippen molar-refractivity contribution in [2.45, 2.75) is 26.4 Å². The summed E-state index contributed by atoms with van der Waals surface area (Å²) in [5.74, 6) is 1.06. The number of aryl methyl sites for hydroxylation is 1. The number of nitrogens with two attached hydrogens (primary N) is 1. The summed E-state index contributed by atoms with van der Waals surface area (Å²) in [6.45, 7) is 8.85. The first-order valence-electron chi connectivity index (χ1n) is 9.13. The maximum absolute atomic E-state index is 12.5. The molecule has 2 aromatic rings. The molecule has 140 valence electrons. The smallest absolute Gasteiger partial charge is 0.278 e. The van der Waals surface area contributed by atoms with Gasteiger partial charge in [-0.2, -0.15) is 0 Å². The molecule has 3 N–H and O–H groups in total. The summed E-state index contributed by atoms with van der Waals surface area (Å²) >= 11 is 5.93. The van der Waals surface area contributed by atoms with Crippen molar-refractivity contribution >= 4 is 17.5 Å². The molecule has 1 atom stereocenters. The second-order valence-corrected chi connectivity index (χ2v) is 7.45. The van der Waals surface area contributed by atoms with Gasteiger partial charge in [0.2, 0.25) is 0 Å². The van der Waals surface area contributed by atoms with Crippen LogP contribution in [0, 0.1) is 6.92 Å². The maximum atomic E-state index is 12.5. The Morgan fingerprint density at radius 3 is 2.65 bits per heavy atom. The predicted octanol–water partition coefficient (Wildman–Crippen LogP) is 0.188. The van der Waals surface area contributed by atoms with Crippen LogP contribution in [0.5, 0.6) is 0 Å². The third-order valence-corrected chi connectivity index (χ3v) is 5.22. The van der Waals surface area contributed by atoms with E-state index < -0.39 is 0 Å². The largest absolute Gasteiger partial charge is 0.361 e. The number of piperazine rings is 1. The summed E-state index contributed by atoms with van der Waals surface area (Å²) in [5, 5.41) is 6.88. The van der Waals surface area contributed by atoms with E-state index in [1.54, 1.807) is 0 Å². The average molecular weight is 379 g/mol. The molecule has 0 unspecified atom stereocenters. The molecule has 0 aliphatic carbocycles. The minimum absolute atomic E-state index is 0.210. The van der Waals surface area contributed by atoms with Crippen molar-refractivity contribution < 1.29 is 19.5 Å². The van der Waals surface area contributed by atoms with Gasteiger partial charge < -0.3 is 19.6 Å². The van der Waals surface area contributed by atoms with E-state index in [-0.39, 0.29) is 11.9 Å². The molecule has 1 aromatic heterocycles. The highest BCUT2D eigenvalue weighted by Crippen LogP contribution is 2.13. The number of halogens is 1. The summed E-state index contributed by atoms with van der Waals surface area (Å²) in [6, 6.07) is 10.0. The lowest BCUT2D eigenvalue weighted by molar-refractivity contribution is -0.918. The molecular formula is C19H27ClN4O2+2. The first-order valence-corrected chi connectivity index (χ1v) is 9.51. The number of hydrogen-bond acceptors (Lipinski definition) is 3. The fraction of sp³-hybridized carbons (Fsp3) is 0.474. The first-order chi connectivity index (χ1) is 12.5. The molecule has 1 amide bonds. The zero-order valence-corrected chi connectivity index (χ0v) is 16.1. The van der Waals surface area contributed by atoms with Gasteiger partial charge in [-0.3, -0.25) is 4.79 Å². The van der Waals surface area contributed by atoms with Gasteiger partial charge in [-0.1, -0.05) is 28.9 Å². The predicted molar refractivity (Wildman–Crippen MR) is 98.9 cm³/mol. The number of carbonyl (C=O) groups excluding carboxylic acids is 1. The number of nitrogens with one attached hydrogen (secondary N) is 1. The van der Waals surface area contributed by atoms with E-state index in [2.05, 4.69) is 17.4 Å². The summed E-state index contributed by atoms with van der Waals surface area (Å²) in [5.41, 5.74) is 2.17. The van der Waals surface area contributed by atoms with Gasteiger partial charge in [-0.05, 0) is 26.0 Å². The second-order valence-electron chi connectivity index (χ2n) is 7.02. The Kier molecular flexibility index (Phi) is 6.29. The van der Waals surface area contributed by atoms with Crippen LogP contribution in [0.2, 0.25) is 5.02 Å². The molecule has 26 heavy (non-hydrogen) atoms. The summed E-state index contributed by atoms with van der Waals surface area (Å²) < 4.78 is 5.12. The van der Waals surface area contributed by atoms with Crippen molar-refractivity contribution in [2.24, 2.45) is 0 Å². The van der Waals surface area contributed by atoms with Crippen molar-refractivity contribution in [1.29, 1.82) is 0 Å². The van der Waals surface area contributed by atoms with Crippen LogP contribution in [-0.2, 0) is 11.3 Å². The van der Waals surface area contributed by atoms with E-state index in [9.17, 15) is 4.79 Å². The SMILES string of the molecule is Cc1cc(C[NH+]2CCN(C(=O)C[NH2+][C@@H](C)c3ccc(Cl)cc3)CC2)no1.